The number of hydrogen-bond donors (Lipinski definition) is 1. The summed E-state index contributed by atoms with van der Waals surface area (Å²) >= 11 is 3.26. The average Bonchev–Trinajstić information content (AvgIpc) is 2.73. The van der Waals surface area contributed by atoms with Gasteiger partial charge in [-0.05, 0) is 25.7 Å². The van der Waals surface area contributed by atoms with E-state index in [1.807, 2.05) is 19.4 Å². The van der Waals surface area contributed by atoms with Crippen molar-refractivity contribution in [3.8, 4) is 0 Å². The maximum Gasteiger partial charge on any atom is 0.232 e. The van der Waals surface area contributed by atoms with Crippen molar-refractivity contribution < 1.29 is 9.90 Å². The standard InChI is InChI=1S/C13H20N2O2S2/c1-9-14-11(7-19-9)6-18-8-13(17)15(2)5-10-3-12(16)4-10/h7,10,12,16H,3-6,8H2,1-2H3. The van der Waals surface area contributed by atoms with Crippen molar-refractivity contribution in [3.63, 3.8) is 0 Å². The molecule has 0 atom stereocenters. The number of nitrogens with zero attached hydrogens (tertiary/aromatic N) is 2. The molecule has 4 nitrogen and oxygen atoms in total. The minimum absolute atomic E-state index is 0.143. The van der Waals surface area contributed by atoms with Crippen LogP contribution in [0.1, 0.15) is 23.5 Å². The Morgan fingerprint density at radius 1 is 1.63 bits per heavy atom. The molecule has 2 rings (SSSR count). The number of aliphatic hydroxyl groups is 1. The highest BCUT2D eigenvalue weighted by molar-refractivity contribution is 7.99. The van der Waals surface area contributed by atoms with Gasteiger partial charge in [0, 0.05) is 24.7 Å². The van der Waals surface area contributed by atoms with Crippen LogP contribution in [0.3, 0.4) is 0 Å². The second-order valence-corrected chi connectivity index (χ2v) is 7.16. The quantitative estimate of drug-likeness (QED) is 0.872. The predicted octanol–water partition coefficient (Wildman–Crippen LogP) is 1.91. The molecule has 1 saturated carbocycles. The Morgan fingerprint density at radius 3 is 2.95 bits per heavy atom. The number of carbonyl (C=O) groups excluding carboxylic acids is 1. The molecule has 1 aliphatic rings. The maximum absolute atomic E-state index is 11.9. The number of aromatic nitrogens is 1. The average molecular weight is 300 g/mol. The fourth-order valence-electron chi connectivity index (χ4n) is 2.17. The molecule has 0 aromatic carbocycles. The van der Waals surface area contributed by atoms with Crippen molar-refractivity contribution in [1.29, 1.82) is 0 Å². The topological polar surface area (TPSA) is 53.4 Å². The lowest BCUT2D eigenvalue weighted by atomic mass is 9.82. The predicted molar refractivity (Wildman–Crippen MR) is 79.4 cm³/mol. The number of thiazole rings is 1. The van der Waals surface area contributed by atoms with Crippen LogP contribution in [0.5, 0.6) is 0 Å². The van der Waals surface area contributed by atoms with Gasteiger partial charge in [0.15, 0.2) is 0 Å². The highest BCUT2D eigenvalue weighted by Crippen LogP contribution is 2.27. The third-order valence-electron chi connectivity index (χ3n) is 3.31. The molecule has 0 bridgehead atoms. The fourth-order valence-corrected chi connectivity index (χ4v) is 3.74. The van der Waals surface area contributed by atoms with E-state index in [1.54, 1.807) is 28.0 Å². The van der Waals surface area contributed by atoms with Crippen LogP contribution >= 0.6 is 23.1 Å². The first-order chi connectivity index (χ1) is 9.04. The molecule has 0 radical (unpaired) electrons. The molecule has 0 spiro atoms. The second-order valence-electron chi connectivity index (χ2n) is 5.12. The first-order valence-corrected chi connectivity index (χ1v) is 8.49. The molecule has 0 unspecified atom stereocenters. The SMILES string of the molecule is Cc1nc(CSCC(=O)N(C)CC2CC(O)C2)cs1. The van der Waals surface area contributed by atoms with Crippen molar-refractivity contribution in [3.05, 3.63) is 16.1 Å². The molecule has 1 heterocycles. The molecule has 0 saturated heterocycles. The lowest BCUT2D eigenvalue weighted by Gasteiger charge is -2.34. The molecular formula is C13H20N2O2S2. The van der Waals surface area contributed by atoms with E-state index in [4.69, 9.17) is 0 Å². The normalized spacial score (nSPS) is 22.1. The zero-order chi connectivity index (χ0) is 13.8. The summed E-state index contributed by atoms with van der Waals surface area (Å²) in [6.45, 7) is 2.76. The summed E-state index contributed by atoms with van der Waals surface area (Å²) in [5, 5.41) is 12.3. The number of carbonyl (C=O) groups is 1. The number of aliphatic hydroxyl groups excluding tert-OH is 1. The van der Waals surface area contributed by atoms with Gasteiger partial charge in [-0.1, -0.05) is 0 Å². The highest BCUT2D eigenvalue weighted by Gasteiger charge is 2.28. The van der Waals surface area contributed by atoms with Crippen molar-refractivity contribution >= 4 is 29.0 Å². The summed E-state index contributed by atoms with van der Waals surface area (Å²) in [6.07, 6.45) is 1.53. The smallest absolute Gasteiger partial charge is 0.232 e. The number of hydrogen-bond acceptors (Lipinski definition) is 5. The Balaban J connectivity index is 1.63. The monoisotopic (exact) mass is 300 g/mol. The van der Waals surface area contributed by atoms with Crippen molar-refractivity contribution in [2.45, 2.75) is 31.6 Å². The van der Waals surface area contributed by atoms with Crippen LogP contribution in [-0.4, -0.2) is 46.3 Å². The Kier molecular flexibility index (Phi) is 5.24. The molecular weight excluding hydrogens is 280 g/mol. The second kappa shape index (κ2) is 6.72. The number of aryl methyl sites for hydroxylation is 1. The van der Waals surface area contributed by atoms with Crippen LogP contribution in [0.25, 0.3) is 0 Å². The number of thioether (sulfide) groups is 1. The van der Waals surface area contributed by atoms with Crippen molar-refractivity contribution in [1.82, 2.24) is 9.88 Å². The van der Waals surface area contributed by atoms with E-state index in [-0.39, 0.29) is 12.0 Å². The fraction of sp³-hybridized carbons (Fsp3) is 0.692. The third kappa shape index (κ3) is 4.47. The molecule has 6 heteroatoms. The van der Waals surface area contributed by atoms with Gasteiger partial charge in [-0.2, -0.15) is 0 Å². The van der Waals surface area contributed by atoms with E-state index >= 15 is 0 Å². The maximum atomic E-state index is 11.9. The minimum atomic E-state index is -0.143. The number of rotatable bonds is 6. The molecule has 1 fully saturated rings. The molecule has 1 amide bonds. The first-order valence-electron chi connectivity index (χ1n) is 6.45. The third-order valence-corrected chi connectivity index (χ3v) is 5.08. The van der Waals surface area contributed by atoms with Crippen LogP contribution in [0.4, 0.5) is 0 Å². The minimum Gasteiger partial charge on any atom is -0.393 e. The van der Waals surface area contributed by atoms with Crippen LogP contribution < -0.4 is 0 Å². The van der Waals surface area contributed by atoms with E-state index in [0.717, 1.165) is 35.8 Å². The van der Waals surface area contributed by atoms with Crippen LogP contribution in [-0.2, 0) is 10.5 Å². The zero-order valence-corrected chi connectivity index (χ0v) is 13.0. The zero-order valence-electron chi connectivity index (χ0n) is 11.3. The van der Waals surface area contributed by atoms with Gasteiger partial charge in [-0.15, -0.1) is 23.1 Å². The van der Waals surface area contributed by atoms with Gasteiger partial charge in [-0.3, -0.25) is 4.79 Å². The summed E-state index contributed by atoms with van der Waals surface area (Å²) in [4.78, 5) is 18.1. The van der Waals surface area contributed by atoms with Gasteiger partial charge in [0.1, 0.15) is 0 Å². The van der Waals surface area contributed by atoms with Crippen LogP contribution in [0, 0.1) is 12.8 Å². The van der Waals surface area contributed by atoms with Gasteiger partial charge in [0.25, 0.3) is 0 Å². The van der Waals surface area contributed by atoms with Crippen LogP contribution in [0.15, 0.2) is 5.38 Å². The van der Waals surface area contributed by atoms with Crippen molar-refractivity contribution in [2.75, 3.05) is 19.3 Å². The van der Waals surface area contributed by atoms with E-state index in [0.29, 0.717) is 11.7 Å². The van der Waals surface area contributed by atoms with Crippen LogP contribution in [0.2, 0.25) is 0 Å². The van der Waals surface area contributed by atoms with Gasteiger partial charge in [0.2, 0.25) is 5.91 Å². The molecule has 0 aliphatic heterocycles. The summed E-state index contributed by atoms with van der Waals surface area (Å²) in [5.41, 5.74) is 1.06. The van der Waals surface area contributed by atoms with Crippen molar-refractivity contribution in [2.24, 2.45) is 5.92 Å². The van der Waals surface area contributed by atoms with E-state index in [9.17, 15) is 9.90 Å². The van der Waals surface area contributed by atoms with Gasteiger partial charge in [0.05, 0.1) is 22.6 Å². The van der Waals surface area contributed by atoms with Gasteiger partial charge < -0.3 is 10.0 Å². The van der Waals surface area contributed by atoms with E-state index < -0.39 is 0 Å². The van der Waals surface area contributed by atoms with E-state index in [1.165, 1.54) is 0 Å². The lowest BCUT2D eigenvalue weighted by Crippen LogP contribution is -2.40. The van der Waals surface area contributed by atoms with Gasteiger partial charge in [-0.25, -0.2) is 4.98 Å². The Hall–Kier alpha value is -0.590. The lowest BCUT2D eigenvalue weighted by molar-refractivity contribution is -0.128. The molecule has 19 heavy (non-hydrogen) atoms. The Bertz CT molecular complexity index is 430. The largest absolute Gasteiger partial charge is 0.393 e. The Morgan fingerprint density at radius 2 is 2.37 bits per heavy atom. The Labute approximate surface area is 122 Å². The molecule has 106 valence electrons. The summed E-state index contributed by atoms with van der Waals surface area (Å²) in [7, 11) is 1.85. The summed E-state index contributed by atoms with van der Waals surface area (Å²) in [6, 6.07) is 0. The molecule has 1 aliphatic carbocycles. The summed E-state index contributed by atoms with van der Waals surface area (Å²) < 4.78 is 0. The molecule has 1 aromatic heterocycles. The molecule has 1 aromatic rings. The first kappa shape index (κ1) is 14.8. The van der Waals surface area contributed by atoms with Gasteiger partial charge >= 0.3 is 0 Å². The highest BCUT2D eigenvalue weighted by atomic mass is 32.2. The summed E-state index contributed by atoms with van der Waals surface area (Å²) in [5.74, 6) is 1.95. The van der Waals surface area contributed by atoms with E-state index in [2.05, 4.69) is 4.98 Å². The molecule has 1 N–H and O–H groups in total. The number of amides is 1.